The summed E-state index contributed by atoms with van der Waals surface area (Å²) in [6.07, 6.45) is 15.5. The van der Waals surface area contributed by atoms with E-state index in [4.69, 9.17) is 5.10 Å². The summed E-state index contributed by atoms with van der Waals surface area (Å²) in [5.74, 6) is 0.796. The van der Waals surface area contributed by atoms with E-state index in [-0.39, 0.29) is 6.04 Å². The number of aromatic nitrogens is 4. The number of anilines is 1. The summed E-state index contributed by atoms with van der Waals surface area (Å²) in [6.45, 7) is 13.4. The Bertz CT molecular complexity index is 958. The first-order valence-electron chi connectivity index (χ1n) is 9.67. The third kappa shape index (κ3) is 6.31. The molecule has 0 aromatic carbocycles. The van der Waals surface area contributed by atoms with Crippen molar-refractivity contribution in [3.8, 4) is 0 Å². The van der Waals surface area contributed by atoms with Gasteiger partial charge in [-0.3, -0.25) is 9.67 Å². The summed E-state index contributed by atoms with van der Waals surface area (Å²) >= 11 is 0. The normalized spacial score (nSPS) is 14.2. The number of allylic oxidation sites excluding steroid dienone is 8. The first kappa shape index (κ1) is 21.9. The fourth-order valence-electron chi connectivity index (χ4n) is 2.80. The van der Waals surface area contributed by atoms with Gasteiger partial charge in [0.1, 0.15) is 11.3 Å². The van der Waals surface area contributed by atoms with Crippen molar-refractivity contribution in [3.05, 3.63) is 96.8 Å². The Morgan fingerprint density at radius 1 is 1.24 bits per heavy atom. The van der Waals surface area contributed by atoms with Gasteiger partial charge in [0.25, 0.3) is 0 Å². The Kier molecular flexibility index (Phi) is 8.63. The maximum atomic E-state index is 4.72. The van der Waals surface area contributed by atoms with Gasteiger partial charge in [-0.05, 0) is 43.2 Å². The minimum Gasteiger partial charge on any atom is -0.367 e. The molecule has 6 nitrogen and oxygen atoms in total. The molecule has 1 N–H and O–H groups in total. The molecule has 0 aliphatic heterocycles. The lowest BCUT2D eigenvalue weighted by Gasteiger charge is -2.14. The van der Waals surface area contributed by atoms with E-state index in [1.54, 1.807) is 13.2 Å². The molecule has 1 atom stereocenters. The van der Waals surface area contributed by atoms with E-state index < -0.39 is 0 Å². The van der Waals surface area contributed by atoms with Crippen molar-refractivity contribution in [1.82, 2.24) is 19.6 Å². The highest BCUT2D eigenvalue weighted by Gasteiger charge is 2.05. The molecule has 0 aliphatic carbocycles. The van der Waals surface area contributed by atoms with Gasteiger partial charge in [0.05, 0.1) is 12.6 Å². The third-order valence-electron chi connectivity index (χ3n) is 4.34. The second-order valence-electron chi connectivity index (χ2n) is 6.36. The Hall–Kier alpha value is -3.41. The molecule has 0 saturated heterocycles. The van der Waals surface area contributed by atoms with Crippen LogP contribution >= 0.6 is 0 Å². The summed E-state index contributed by atoms with van der Waals surface area (Å²) < 4.78 is 3.78. The van der Waals surface area contributed by atoms with E-state index in [2.05, 4.69) is 41.6 Å². The molecule has 2 heterocycles. The third-order valence-corrected chi connectivity index (χ3v) is 4.34. The van der Waals surface area contributed by atoms with Crippen molar-refractivity contribution >= 4 is 5.82 Å². The minimum absolute atomic E-state index is 0.00758. The number of rotatable bonds is 10. The van der Waals surface area contributed by atoms with Crippen LogP contribution in [0.3, 0.4) is 0 Å². The van der Waals surface area contributed by atoms with Gasteiger partial charge in [0.15, 0.2) is 0 Å². The van der Waals surface area contributed by atoms with Gasteiger partial charge in [0.2, 0.25) is 0 Å². The molecule has 6 heteroatoms. The van der Waals surface area contributed by atoms with Gasteiger partial charge in [-0.1, -0.05) is 49.6 Å². The van der Waals surface area contributed by atoms with Crippen molar-refractivity contribution in [2.45, 2.75) is 26.4 Å². The predicted octanol–water partition coefficient (Wildman–Crippen LogP) is 4.08. The molecule has 0 radical (unpaired) electrons. The first-order valence-corrected chi connectivity index (χ1v) is 9.67. The second-order valence-corrected chi connectivity index (χ2v) is 6.36. The largest absolute Gasteiger partial charge is 0.367 e. The number of nitrogens with one attached hydrogen (secondary N) is 1. The Labute approximate surface area is 173 Å². The van der Waals surface area contributed by atoms with Crippen molar-refractivity contribution in [3.63, 3.8) is 0 Å². The number of hydrogen-bond donors (Lipinski definition) is 1. The van der Waals surface area contributed by atoms with Crippen LogP contribution in [0.25, 0.3) is 0 Å². The van der Waals surface area contributed by atoms with Gasteiger partial charge in [-0.25, -0.2) is 4.68 Å². The second kappa shape index (κ2) is 11.4. The smallest absolute Gasteiger partial charge is 0.146 e. The van der Waals surface area contributed by atoms with E-state index in [1.165, 1.54) is 0 Å². The lowest BCUT2D eigenvalue weighted by Crippen LogP contribution is -2.27. The quantitative estimate of drug-likeness (QED) is 0.622. The predicted molar refractivity (Wildman–Crippen MR) is 121 cm³/mol. The molecular weight excluding hydrogens is 360 g/mol. The van der Waals surface area contributed by atoms with Crippen LogP contribution in [0.2, 0.25) is 0 Å². The molecule has 0 bridgehead atoms. The van der Waals surface area contributed by atoms with Crippen LogP contribution in [-0.2, 0) is 6.54 Å². The lowest BCUT2D eigenvalue weighted by atomic mass is 10.1. The molecule has 2 rings (SSSR count). The van der Waals surface area contributed by atoms with Crippen LogP contribution in [0.15, 0.2) is 96.3 Å². The monoisotopic (exact) mass is 390 g/mol. The Morgan fingerprint density at radius 2 is 2.00 bits per heavy atom. The maximum Gasteiger partial charge on any atom is 0.146 e. The number of hydrogen-bond acceptors (Lipinski definition) is 4. The summed E-state index contributed by atoms with van der Waals surface area (Å²) in [4.78, 5) is 4.35. The number of nitrogens with zero attached hydrogens (tertiary/aromatic N) is 5. The van der Waals surface area contributed by atoms with Crippen molar-refractivity contribution in [2.24, 2.45) is 4.99 Å². The van der Waals surface area contributed by atoms with Crippen LogP contribution < -0.4 is 10.8 Å². The zero-order chi connectivity index (χ0) is 21.1. The van der Waals surface area contributed by atoms with Gasteiger partial charge < -0.3 is 5.32 Å². The van der Waals surface area contributed by atoms with E-state index in [0.29, 0.717) is 0 Å². The molecule has 29 heavy (non-hydrogen) atoms. The molecular formula is C23H30N6. The van der Waals surface area contributed by atoms with E-state index in [9.17, 15) is 0 Å². The Balaban J connectivity index is 2.20. The maximum absolute atomic E-state index is 4.72. The summed E-state index contributed by atoms with van der Waals surface area (Å²) in [6, 6.07) is 5.83. The van der Waals surface area contributed by atoms with Gasteiger partial charge in [-0.2, -0.15) is 10.2 Å². The van der Waals surface area contributed by atoms with Crippen molar-refractivity contribution in [1.29, 1.82) is 0 Å². The highest BCUT2D eigenvalue weighted by atomic mass is 15.3. The van der Waals surface area contributed by atoms with Crippen LogP contribution in [0, 0.1) is 0 Å². The summed E-state index contributed by atoms with van der Waals surface area (Å²) in [5.41, 5.74) is 2.84. The molecule has 1 unspecified atom stereocenters. The minimum atomic E-state index is 0.00758. The standard InChI is InChI=1S/C23H30N6/c1-6-10-20(7-2)21(8-3)12-11-19(4)29-23(24-5)14-13-22(27-29)25-16-18-28-17-9-15-26-28/h6-15,17,19H,2-3,16,18H2,1,4-5H3,(H,25,27)/b10-6-,12-11+,21-20+,24-23?. The zero-order valence-electron chi connectivity index (χ0n) is 17.5. The van der Waals surface area contributed by atoms with E-state index >= 15 is 0 Å². The van der Waals surface area contributed by atoms with Crippen molar-refractivity contribution in [2.75, 3.05) is 18.9 Å². The topological polar surface area (TPSA) is 60.0 Å². The highest BCUT2D eigenvalue weighted by Crippen LogP contribution is 2.13. The molecule has 0 spiro atoms. The fourth-order valence-corrected chi connectivity index (χ4v) is 2.80. The first-order chi connectivity index (χ1) is 14.1. The highest BCUT2D eigenvalue weighted by molar-refractivity contribution is 5.45. The van der Waals surface area contributed by atoms with Crippen LogP contribution in [0.4, 0.5) is 5.82 Å². The zero-order valence-corrected chi connectivity index (χ0v) is 17.5. The van der Waals surface area contributed by atoms with Crippen LogP contribution in [0.1, 0.15) is 19.9 Å². The summed E-state index contributed by atoms with van der Waals surface area (Å²) in [5, 5.41) is 12.3. The molecule has 152 valence electrons. The lowest BCUT2D eigenvalue weighted by molar-refractivity contribution is 0.537. The molecule has 0 fully saturated rings. The van der Waals surface area contributed by atoms with Crippen LogP contribution in [0.5, 0.6) is 0 Å². The van der Waals surface area contributed by atoms with Crippen LogP contribution in [-0.4, -0.2) is 33.2 Å². The average Bonchev–Trinajstić information content (AvgIpc) is 3.26. The molecule has 0 saturated carbocycles. The van der Waals surface area contributed by atoms with Gasteiger partial charge in [0, 0.05) is 26.0 Å². The Morgan fingerprint density at radius 3 is 2.62 bits per heavy atom. The van der Waals surface area contributed by atoms with E-state index in [0.717, 1.165) is 35.5 Å². The van der Waals surface area contributed by atoms with Crippen molar-refractivity contribution < 1.29 is 0 Å². The summed E-state index contributed by atoms with van der Waals surface area (Å²) in [7, 11) is 1.77. The molecule has 2 aromatic heterocycles. The SMILES string of the molecule is C=CC(/C=C\C)=C(C=C)\C=C\C(C)n1nc(NCCn2cccn2)ccc1=NC. The average molecular weight is 391 g/mol. The van der Waals surface area contributed by atoms with E-state index in [1.807, 2.05) is 71.1 Å². The molecule has 0 amide bonds. The van der Waals surface area contributed by atoms with Gasteiger partial charge >= 0.3 is 0 Å². The fraction of sp³-hybridized carbons (Fsp3) is 0.261. The van der Waals surface area contributed by atoms with Gasteiger partial charge in [-0.15, -0.1) is 0 Å². The molecule has 0 aliphatic rings. The molecule has 2 aromatic rings.